The number of halogens is 2. The second kappa shape index (κ2) is 8.78. The first-order chi connectivity index (χ1) is 10.0. The van der Waals surface area contributed by atoms with Crippen LogP contribution in [0.15, 0.2) is 23.1 Å². The molecule has 0 heterocycles. The van der Waals surface area contributed by atoms with E-state index < -0.39 is 25.9 Å². The van der Waals surface area contributed by atoms with Gasteiger partial charge in [0.25, 0.3) is 0 Å². The van der Waals surface area contributed by atoms with E-state index >= 15 is 0 Å². The van der Waals surface area contributed by atoms with Gasteiger partial charge in [0.05, 0.1) is 16.8 Å². The lowest BCUT2D eigenvalue weighted by Gasteiger charge is -2.14. The van der Waals surface area contributed by atoms with Gasteiger partial charge in [0.15, 0.2) is 0 Å². The molecular weight excluding hydrogens is 369 g/mol. The van der Waals surface area contributed by atoms with Crippen LogP contribution in [-0.2, 0) is 20.0 Å². The average molecular weight is 390 g/mol. The van der Waals surface area contributed by atoms with Crippen LogP contribution in [-0.4, -0.2) is 42.2 Å². The van der Waals surface area contributed by atoms with Crippen LogP contribution in [0.2, 0.25) is 0 Å². The van der Waals surface area contributed by atoms with Gasteiger partial charge in [-0.2, -0.15) is 0 Å². The quantitative estimate of drug-likeness (QED) is 0.612. The van der Waals surface area contributed by atoms with Gasteiger partial charge in [-0.25, -0.2) is 25.9 Å². The average Bonchev–Trinajstić information content (AvgIpc) is 2.38. The van der Waals surface area contributed by atoms with E-state index in [9.17, 15) is 21.2 Å². The van der Waals surface area contributed by atoms with Crippen LogP contribution in [0.1, 0.15) is 13.8 Å². The summed E-state index contributed by atoms with van der Waals surface area (Å²) in [6.07, 6.45) is 0.876. The highest BCUT2D eigenvalue weighted by Gasteiger charge is 2.18. The van der Waals surface area contributed by atoms with E-state index in [0.29, 0.717) is 6.54 Å². The zero-order valence-corrected chi connectivity index (χ0v) is 15.4. The number of hydrogen-bond donors (Lipinski definition) is 3. The summed E-state index contributed by atoms with van der Waals surface area (Å²) < 4.78 is 64.3. The van der Waals surface area contributed by atoms with Crippen LogP contribution < -0.4 is 14.8 Å². The molecule has 11 heteroatoms. The Bertz CT molecular complexity index is 726. The van der Waals surface area contributed by atoms with Gasteiger partial charge in [-0.15, -0.1) is 12.4 Å². The number of benzene rings is 1. The lowest BCUT2D eigenvalue weighted by molar-refractivity contribution is 0.535. The SMILES string of the molecule is CCN[C@H](C)CNS(=O)(=O)c1ccc(NS(C)(=O)=O)c(F)c1.Cl. The lowest BCUT2D eigenvalue weighted by atomic mass is 10.3. The molecule has 0 spiro atoms. The van der Waals surface area contributed by atoms with Crippen molar-refractivity contribution in [2.45, 2.75) is 24.8 Å². The summed E-state index contributed by atoms with van der Waals surface area (Å²) in [4.78, 5) is -0.271. The smallest absolute Gasteiger partial charge is 0.240 e. The van der Waals surface area contributed by atoms with E-state index in [1.807, 2.05) is 18.6 Å². The molecule has 0 radical (unpaired) electrons. The number of anilines is 1. The number of hydrogen-bond acceptors (Lipinski definition) is 5. The molecule has 0 amide bonds. The molecule has 0 saturated heterocycles. The molecule has 0 aliphatic carbocycles. The number of sulfonamides is 2. The van der Waals surface area contributed by atoms with Crippen LogP contribution in [0.5, 0.6) is 0 Å². The molecule has 1 atom stereocenters. The molecule has 1 aromatic rings. The van der Waals surface area contributed by atoms with Gasteiger partial charge in [0, 0.05) is 12.6 Å². The Morgan fingerprint density at radius 1 is 1.22 bits per heavy atom. The van der Waals surface area contributed by atoms with Crippen LogP contribution in [0.3, 0.4) is 0 Å². The summed E-state index contributed by atoms with van der Waals surface area (Å²) >= 11 is 0. The van der Waals surface area contributed by atoms with Crippen molar-refractivity contribution in [1.29, 1.82) is 0 Å². The molecule has 134 valence electrons. The van der Waals surface area contributed by atoms with Crippen molar-refractivity contribution >= 4 is 38.1 Å². The maximum atomic E-state index is 13.8. The van der Waals surface area contributed by atoms with Gasteiger partial charge >= 0.3 is 0 Å². The van der Waals surface area contributed by atoms with Crippen molar-refractivity contribution in [3.8, 4) is 0 Å². The minimum absolute atomic E-state index is 0. The third kappa shape index (κ3) is 7.44. The molecule has 0 saturated carbocycles. The van der Waals surface area contributed by atoms with Gasteiger partial charge in [0.2, 0.25) is 20.0 Å². The van der Waals surface area contributed by atoms with Gasteiger partial charge in [0.1, 0.15) is 5.82 Å². The van der Waals surface area contributed by atoms with E-state index in [1.165, 1.54) is 0 Å². The van der Waals surface area contributed by atoms with E-state index in [2.05, 4.69) is 10.0 Å². The van der Waals surface area contributed by atoms with Crippen molar-refractivity contribution in [2.75, 3.05) is 24.1 Å². The first kappa shape index (κ1) is 22.1. The lowest BCUT2D eigenvalue weighted by Crippen LogP contribution is -2.38. The van der Waals surface area contributed by atoms with Crippen LogP contribution >= 0.6 is 12.4 Å². The Morgan fingerprint density at radius 3 is 2.30 bits per heavy atom. The molecule has 1 rings (SSSR count). The fourth-order valence-corrected chi connectivity index (χ4v) is 3.39. The summed E-state index contributed by atoms with van der Waals surface area (Å²) in [5, 5.41) is 3.04. The van der Waals surface area contributed by atoms with Gasteiger partial charge in [-0.1, -0.05) is 6.92 Å². The molecular formula is C12H21ClFN3O4S2. The molecule has 23 heavy (non-hydrogen) atoms. The van der Waals surface area contributed by atoms with Crippen molar-refractivity contribution in [2.24, 2.45) is 0 Å². The predicted octanol–water partition coefficient (Wildman–Crippen LogP) is 0.895. The first-order valence-electron chi connectivity index (χ1n) is 6.55. The van der Waals surface area contributed by atoms with Crippen molar-refractivity contribution in [3.63, 3.8) is 0 Å². The van der Waals surface area contributed by atoms with Gasteiger partial charge < -0.3 is 5.32 Å². The summed E-state index contributed by atoms with van der Waals surface area (Å²) in [5.74, 6) is -0.965. The van der Waals surface area contributed by atoms with E-state index in [4.69, 9.17) is 0 Å². The number of nitrogens with one attached hydrogen (secondary N) is 3. The third-order valence-electron chi connectivity index (χ3n) is 2.68. The normalized spacial score (nSPS) is 13.2. The maximum Gasteiger partial charge on any atom is 0.240 e. The molecule has 0 aliphatic rings. The molecule has 1 aromatic carbocycles. The molecule has 0 fully saturated rings. The standard InChI is InChI=1S/C12H20FN3O4S2.ClH/c1-4-14-9(2)8-15-22(19,20)10-5-6-12(11(13)7-10)16-21(3,17)18;/h5-7,9,14-16H,4,8H2,1-3H3;1H/t9-;/m1./s1. The summed E-state index contributed by atoms with van der Waals surface area (Å²) in [6, 6.07) is 2.90. The van der Waals surface area contributed by atoms with Crippen LogP contribution in [0.4, 0.5) is 10.1 Å². The summed E-state index contributed by atoms with van der Waals surface area (Å²) in [7, 11) is -7.50. The second-order valence-corrected chi connectivity index (χ2v) is 8.34. The molecule has 0 bridgehead atoms. The van der Waals surface area contributed by atoms with Gasteiger partial charge in [-0.3, -0.25) is 4.72 Å². The van der Waals surface area contributed by atoms with Crippen molar-refractivity contribution in [3.05, 3.63) is 24.0 Å². The van der Waals surface area contributed by atoms with Crippen LogP contribution in [0.25, 0.3) is 0 Å². The fourth-order valence-electron chi connectivity index (χ4n) is 1.68. The number of likely N-dealkylation sites (N-methyl/N-ethyl adjacent to an activating group) is 1. The highest BCUT2D eigenvalue weighted by Crippen LogP contribution is 2.19. The molecule has 0 aromatic heterocycles. The molecule has 0 aliphatic heterocycles. The minimum Gasteiger partial charge on any atom is -0.313 e. The predicted molar refractivity (Wildman–Crippen MR) is 90.4 cm³/mol. The maximum absolute atomic E-state index is 13.8. The largest absolute Gasteiger partial charge is 0.313 e. The molecule has 7 nitrogen and oxygen atoms in total. The van der Waals surface area contributed by atoms with E-state index in [1.54, 1.807) is 0 Å². The second-order valence-electron chi connectivity index (χ2n) is 4.83. The summed E-state index contributed by atoms with van der Waals surface area (Å²) in [6.45, 7) is 4.56. The van der Waals surface area contributed by atoms with Crippen molar-refractivity contribution in [1.82, 2.24) is 10.0 Å². The minimum atomic E-state index is -3.86. The fraction of sp³-hybridized carbons (Fsp3) is 0.500. The molecule has 0 unspecified atom stereocenters. The zero-order chi connectivity index (χ0) is 17.0. The third-order valence-corrected chi connectivity index (χ3v) is 4.69. The highest BCUT2D eigenvalue weighted by atomic mass is 35.5. The van der Waals surface area contributed by atoms with E-state index in [-0.39, 0.29) is 35.6 Å². The van der Waals surface area contributed by atoms with Crippen molar-refractivity contribution < 1.29 is 21.2 Å². The molecule has 3 N–H and O–H groups in total. The Hall–Kier alpha value is -0.940. The summed E-state index contributed by atoms with van der Waals surface area (Å²) in [5.41, 5.74) is -0.303. The Labute approximate surface area is 142 Å². The topological polar surface area (TPSA) is 104 Å². The number of rotatable bonds is 8. The Kier molecular flexibility index (Phi) is 8.43. The first-order valence-corrected chi connectivity index (χ1v) is 9.93. The Balaban J connectivity index is 0.00000484. The Morgan fingerprint density at radius 2 is 1.83 bits per heavy atom. The zero-order valence-electron chi connectivity index (χ0n) is 13.0. The van der Waals surface area contributed by atoms with E-state index in [0.717, 1.165) is 24.5 Å². The highest BCUT2D eigenvalue weighted by molar-refractivity contribution is 7.92. The van der Waals surface area contributed by atoms with Gasteiger partial charge in [-0.05, 0) is 31.7 Å². The van der Waals surface area contributed by atoms with Crippen LogP contribution in [0, 0.1) is 5.82 Å². The monoisotopic (exact) mass is 389 g/mol.